The van der Waals surface area contributed by atoms with Crippen molar-refractivity contribution in [1.29, 1.82) is 0 Å². The summed E-state index contributed by atoms with van der Waals surface area (Å²) in [5, 5.41) is 53.4. The van der Waals surface area contributed by atoms with Crippen LogP contribution in [0.25, 0.3) is 0 Å². The monoisotopic (exact) mass is 1330 g/mol. The van der Waals surface area contributed by atoms with Crippen molar-refractivity contribution in [1.82, 2.24) is 51.5 Å². The number of unbranched alkanes of at least 4 members (excludes halogenated alkanes) is 1. The lowest BCUT2D eigenvalue weighted by atomic mass is 10.1. The number of nitrogens with zero attached hydrogens (tertiary/aromatic N) is 4. The first-order valence-corrected chi connectivity index (χ1v) is 29.9. The third-order valence-electron chi connectivity index (χ3n) is 13.5. The molecule has 1 heterocycles. The molecular weight excluding hydrogens is 1250 g/mol. The van der Waals surface area contributed by atoms with Crippen LogP contribution in [0.3, 0.4) is 0 Å². The van der Waals surface area contributed by atoms with Crippen LogP contribution in [0.1, 0.15) is 44.1 Å². The summed E-state index contributed by atoms with van der Waals surface area (Å²) in [6.45, 7) is 1.02. The molecule has 1 unspecified atom stereocenters. The largest absolute Gasteiger partial charge is 0.480 e. The van der Waals surface area contributed by atoms with E-state index in [1.807, 2.05) is 0 Å². The van der Waals surface area contributed by atoms with E-state index in [2.05, 4.69) is 36.6 Å². The van der Waals surface area contributed by atoms with E-state index in [1.165, 1.54) is 0 Å². The lowest BCUT2D eigenvalue weighted by Crippen LogP contribution is -2.52. The maximum Gasteiger partial charge on any atom is 0.320 e. The van der Waals surface area contributed by atoms with Gasteiger partial charge in [0.1, 0.15) is 12.1 Å². The van der Waals surface area contributed by atoms with Gasteiger partial charge in [-0.1, -0.05) is 30.3 Å². The first-order valence-electron chi connectivity index (χ1n) is 29.9. The summed E-state index contributed by atoms with van der Waals surface area (Å²) < 4.78 is 86.0. The van der Waals surface area contributed by atoms with Crippen molar-refractivity contribution >= 4 is 65.3 Å². The molecule has 2 aromatic carbocycles. The Morgan fingerprint density at radius 2 is 0.882 bits per heavy atom. The summed E-state index contributed by atoms with van der Waals surface area (Å²) >= 11 is 0. The Hall–Kier alpha value is -8.03. The van der Waals surface area contributed by atoms with Crippen molar-refractivity contribution in [2.24, 2.45) is 0 Å². The van der Waals surface area contributed by atoms with E-state index in [-0.39, 0.29) is 196 Å². The average Bonchev–Trinajstić information content (AvgIpc) is 1.04. The van der Waals surface area contributed by atoms with Gasteiger partial charge >= 0.3 is 29.8 Å². The van der Waals surface area contributed by atoms with E-state index < -0.39 is 132 Å². The summed E-state index contributed by atoms with van der Waals surface area (Å²) in [5.41, 5.74) is 0.676. The SMILES string of the molecule is O=C(O)CN1CCN(CC(=O)O)CCN(C(CCC(=O)NCCOCCOCCOCCOCCOCCNC(=O)CNC(=O)[C@H](Cc2ccccc2)NC(=O)CNC(=O)CNC(=O)CCCCC(=O)Oc2c(F)c(F)cc(F)c2F)C(=O)O)CCN(CC(=O)O)CC1. The van der Waals surface area contributed by atoms with Gasteiger partial charge in [-0.2, -0.15) is 8.78 Å². The normalized spacial score (nSPS) is 14.3. The van der Waals surface area contributed by atoms with Gasteiger partial charge in [0.25, 0.3) is 0 Å². The fourth-order valence-electron chi connectivity index (χ4n) is 8.76. The maximum atomic E-state index is 13.8. The molecule has 0 bridgehead atoms. The minimum Gasteiger partial charge on any atom is -0.480 e. The Morgan fingerprint density at radius 3 is 1.37 bits per heavy atom. The van der Waals surface area contributed by atoms with Crippen LogP contribution in [-0.4, -0.2) is 288 Å². The van der Waals surface area contributed by atoms with Crippen LogP contribution in [0.5, 0.6) is 5.75 Å². The number of carboxylic acids is 4. The summed E-state index contributed by atoms with van der Waals surface area (Å²) in [6, 6.07) is 6.29. The first-order chi connectivity index (χ1) is 44.5. The predicted molar refractivity (Wildman–Crippen MR) is 316 cm³/mol. The predicted octanol–water partition coefficient (Wildman–Crippen LogP) is -2.19. The Morgan fingerprint density at radius 1 is 0.473 bits per heavy atom. The molecule has 3 rings (SSSR count). The van der Waals surface area contributed by atoms with Crippen molar-refractivity contribution < 1.29 is 119 Å². The van der Waals surface area contributed by atoms with Gasteiger partial charge in [0, 0.05) is 97.2 Å². The quantitative estimate of drug-likeness (QED) is 0.0111. The molecule has 0 radical (unpaired) electrons. The van der Waals surface area contributed by atoms with Crippen molar-refractivity contribution in [2.75, 3.05) is 171 Å². The fourth-order valence-corrected chi connectivity index (χ4v) is 8.76. The molecule has 0 spiro atoms. The van der Waals surface area contributed by atoms with Gasteiger partial charge in [-0.15, -0.1) is 0 Å². The van der Waals surface area contributed by atoms with Crippen LogP contribution >= 0.6 is 0 Å². The van der Waals surface area contributed by atoms with E-state index >= 15 is 0 Å². The number of rotatable bonds is 45. The second kappa shape index (κ2) is 46.1. The van der Waals surface area contributed by atoms with E-state index in [4.69, 9.17) is 23.7 Å². The number of carbonyl (C=O) groups is 11. The Kier molecular flexibility index (Phi) is 39.3. The van der Waals surface area contributed by atoms with Gasteiger partial charge in [-0.05, 0) is 24.8 Å². The number of esters is 1. The third-order valence-corrected chi connectivity index (χ3v) is 13.5. The fraction of sp³-hybridized carbons (Fsp3) is 0.603. The lowest BCUT2D eigenvalue weighted by molar-refractivity contribution is -0.145. The molecule has 2 atom stereocenters. The van der Waals surface area contributed by atoms with Crippen LogP contribution in [0, 0.1) is 23.3 Å². The molecule has 31 nitrogen and oxygen atoms in total. The maximum absolute atomic E-state index is 13.8. The molecule has 1 saturated heterocycles. The molecule has 2 aromatic rings. The number of nitrogens with one attached hydrogen (secondary N) is 6. The van der Waals surface area contributed by atoms with Crippen LogP contribution < -0.4 is 36.6 Å². The average molecular weight is 1330 g/mol. The first kappa shape index (κ1) is 79.2. The highest BCUT2D eigenvalue weighted by Gasteiger charge is 2.30. The highest BCUT2D eigenvalue weighted by molar-refractivity contribution is 5.93. The second-order valence-electron chi connectivity index (χ2n) is 20.8. The van der Waals surface area contributed by atoms with Crippen molar-refractivity contribution in [3.63, 3.8) is 0 Å². The number of carboxylic acid groups (broad SMARTS) is 4. The molecule has 6 amide bonds. The summed E-state index contributed by atoms with van der Waals surface area (Å²) in [5.74, 6) is -18.4. The van der Waals surface area contributed by atoms with Gasteiger partial charge in [0.2, 0.25) is 52.8 Å². The van der Waals surface area contributed by atoms with E-state index in [9.17, 15) is 90.7 Å². The molecule has 520 valence electrons. The molecule has 35 heteroatoms. The molecule has 0 saturated carbocycles. The van der Waals surface area contributed by atoms with Crippen LogP contribution in [-0.2, 0) is 82.8 Å². The Labute approximate surface area is 533 Å². The number of hydrogen-bond donors (Lipinski definition) is 10. The zero-order valence-corrected chi connectivity index (χ0v) is 51.5. The van der Waals surface area contributed by atoms with Crippen LogP contribution in [0.2, 0.25) is 0 Å². The van der Waals surface area contributed by atoms with Crippen LogP contribution in [0.4, 0.5) is 17.6 Å². The molecular formula is C58H84F4N10O21. The number of hydrogen-bond acceptors (Lipinski definition) is 21. The Bertz CT molecular complexity index is 2650. The molecule has 1 aliphatic heterocycles. The molecule has 1 aliphatic rings. The highest BCUT2D eigenvalue weighted by Crippen LogP contribution is 2.27. The molecule has 0 aliphatic carbocycles. The zero-order chi connectivity index (χ0) is 68.3. The lowest BCUT2D eigenvalue weighted by Gasteiger charge is -2.35. The van der Waals surface area contributed by atoms with Crippen molar-refractivity contribution in [3.8, 4) is 5.75 Å². The summed E-state index contributed by atoms with van der Waals surface area (Å²) in [6.07, 6.45) is -0.834. The third kappa shape index (κ3) is 36.1. The smallest absolute Gasteiger partial charge is 0.320 e. The van der Waals surface area contributed by atoms with E-state index in [0.717, 1.165) is 0 Å². The zero-order valence-electron chi connectivity index (χ0n) is 51.5. The molecule has 1 fully saturated rings. The Balaban J connectivity index is 1.20. The molecule has 93 heavy (non-hydrogen) atoms. The summed E-state index contributed by atoms with van der Waals surface area (Å²) in [4.78, 5) is 141. The van der Waals surface area contributed by atoms with Crippen molar-refractivity contribution in [3.05, 3.63) is 65.2 Å². The second-order valence-corrected chi connectivity index (χ2v) is 20.8. The topological polar surface area (TPSA) is 409 Å². The number of aliphatic carboxylic acids is 4. The van der Waals surface area contributed by atoms with Crippen LogP contribution in [0.15, 0.2) is 36.4 Å². The number of benzene rings is 2. The minimum absolute atomic E-state index is 0.0260. The van der Waals surface area contributed by atoms with Gasteiger partial charge in [0.15, 0.2) is 11.6 Å². The van der Waals surface area contributed by atoms with Gasteiger partial charge in [0.05, 0.1) is 105 Å². The molecule has 10 N–H and O–H groups in total. The summed E-state index contributed by atoms with van der Waals surface area (Å²) in [7, 11) is 0. The number of amides is 6. The molecule has 0 aromatic heterocycles. The number of halogens is 4. The van der Waals surface area contributed by atoms with E-state index in [1.54, 1.807) is 49.9 Å². The van der Waals surface area contributed by atoms with Crippen molar-refractivity contribution in [2.45, 2.75) is 57.0 Å². The van der Waals surface area contributed by atoms with Gasteiger partial charge in [-0.3, -0.25) is 72.3 Å². The van der Waals surface area contributed by atoms with Gasteiger partial charge < -0.3 is 80.7 Å². The van der Waals surface area contributed by atoms with E-state index in [0.29, 0.717) is 5.56 Å². The van der Waals surface area contributed by atoms with Gasteiger partial charge in [-0.25, -0.2) is 8.78 Å². The highest BCUT2D eigenvalue weighted by atomic mass is 19.2. The minimum atomic E-state index is -1.88. The number of ether oxygens (including phenoxy) is 6. The standard InChI is InChI=1S/C58H84F4N10O21/c59-41-33-42(60)55(62)56(54(41)61)93-53(84)9-5-4-8-45(73)65-34-48(76)66-36-49(77)68-43(32-40-6-2-1-3-7-40)57(85)67-35-47(75)64-13-23-89-25-27-91-29-31-92-30-28-90-26-24-88-22-12-63-46(74)11-10-44(58(86)87)72-20-18-70(38-51(80)81)16-14-69(37-50(78)79)15-17-71(19-21-72)39-52(82)83/h1-3,6-7,33,43-44H,4-5,8-32,34-39H2,(H,63,74)(H,64,75)(H,65,73)(H,66,76)(H,67,85)(H,68,77)(H,78,79)(H,80,81)(H,82,83)(H,86,87)/t43-,44?/m0/s1. The number of carbonyl (C=O) groups excluding carboxylic acids is 7.